The molecule has 0 aliphatic rings. The summed E-state index contributed by atoms with van der Waals surface area (Å²) in [5.74, 6) is 0. The summed E-state index contributed by atoms with van der Waals surface area (Å²) < 4.78 is 0. The van der Waals surface area contributed by atoms with Crippen LogP contribution in [0.15, 0.2) is 30.3 Å². The summed E-state index contributed by atoms with van der Waals surface area (Å²) in [5, 5.41) is 27.7. The van der Waals surface area contributed by atoms with E-state index in [1.54, 1.807) is 0 Å². The first-order valence-electron chi connectivity index (χ1n) is 8.43. The topological polar surface area (TPSA) is 124 Å². The zero-order chi connectivity index (χ0) is 19.1. The van der Waals surface area contributed by atoms with Gasteiger partial charge in [0.2, 0.25) is 0 Å². The Labute approximate surface area is 149 Å². The summed E-state index contributed by atoms with van der Waals surface area (Å²) in [4.78, 5) is 18.3. The lowest BCUT2D eigenvalue weighted by Crippen LogP contribution is -2.31. The van der Waals surface area contributed by atoms with Gasteiger partial charge in [-0.25, -0.2) is 0 Å². The van der Waals surface area contributed by atoms with Crippen LogP contribution >= 0.6 is 0 Å². The van der Waals surface area contributed by atoms with Crippen LogP contribution in [0.2, 0.25) is 6.32 Å². The fraction of sp³-hybridized carbons (Fsp3) is 0.588. The van der Waals surface area contributed by atoms with E-state index < -0.39 is 13.2 Å². The van der Waals surface area contributed by atoms with Gasteiger partial charge in [0.25, 0.3) is 0 Å². The van der Waals surface area contributed by atoms with Gasteiger partial charge in [-0.05, 0) is 38.3 Å². The molecule has 0 spiro atoms. The van der Waals surface area contributed by atoms with Crippen LogP contribution in [0.5, 0.6) is 0 Å². The van der Waals surface area contributed by atoms with Crippen molar-refractivity contribution in [3.63, 3.8) is 0 Å². The molecule has 2 atom stereocenters. The number of hydrogen-bond acceptors (Lipinski definition) is 7. The van der Waals surface area contributed by atoms with E-state index in [9.17, 15) is 5.11 Å². The lowest BCUT2D eigenvalue weighted by Gasteiger charge is -2.22. The molecule has 5 N–H and O–H groups in total. The van der Waals surface area contributed by atoms with Crippen molar-refractivity contribution in [3.8, 4) is 0 Å². The highest BCUT2D eigenvalue weighted by atomic mass is 16.4. The van der Waals surface area contributed by atoms with Gasteiger partial charge in [-0.2, -0.15) is 9.59 Å². The Morgan fingerprint density at radius 3 is 2.32 bits per heavy atom. The Kier molecular flexibility index (Phi) is 13.9. The van der Waals surface area contributed by atoms with Crippen molar-refractivity contribution in [2.45, 2.75) is 44.1 Å². The average Bonchev–Trinajstić information content (AvgIpc) is 2.58. The van der Waals surface area contributed by atoms with Crippen molar-refractivity contribution in [2.75, 3.05) is 20.1 Å². The van der Waals surface area contributed by atoms with Gasteiger partial charge in [0.05, 0.1) is 6.10 Å². The van der Waals surface area contributed by atoms with E-state index in [0.717, 1.165) is 37.8 Å². The maximum atomic E-state index is 10.2. The quantitative estimate of drug-likeness (QED) is 0.336. The van der Waals surface area contributed by atoms with Crippen LogP contribution in [-0.4, -0.2) is 59.5 Å². The third kappa shape index (κ3) is 13.4. The van der Waals surface area contributed by atoms with Crippen LogP contribution in [0.1, 0.15) is 37.4 Å². The fourth-order valence-electron chi connectivity index (χ4n) is 2.43. The lowest BCUT2D eigenvalue weighted by atomic mass is 9.83. The molecule has 0 amide bonds. The SMILES string of the molecule is CN(CCC(N)CCCCB(O)O)CC(O)c1ccccc1.O=C=O. The number of unbranched alkanes of at least 4 members (excludes halogenated alkanes) is 1. The molecule has 140 valence electrons. The maximum absolute atomic E-state index is 10.2. The van der Waals surface area contributed by atoms with Crippen molar-refractivity contribution >= 4 is 13.3 Å². The third-order valence-electron chi connectivity index (χ3n) is 3.84. The number of nitrogens with two attached hydrogens (primary N) is 1. The van der Waals surface area contributed by atoms with Crippen molar-refractivity contribution in [3.05, 3.63) is 35.9 Å². The summed E-state index contributed by atoms with van der Waals surface area (Å²) in [6.07, 6.45) is 3.65. The minimum atomic E-state index is -1.21. The molecule has 0 heterocycles. The van der Waals surface area contributed by atoms with Crippen LogP contribution in [0.3, 0.4) is 0 Å². The highest BCUT2D eigenvalue weighted by Crippen LogP contribution is 2.13. The first kappa shape index (κ1) is 23.5. The van der Waals surface area contributed by atoms with Gasteiger partial charge in [-0.15, -0.1) is 0 Å². The van der Waals surface area contributed by atoms with E-state index in [1.807, 2.05) is 37.4 Å². The number of aliphatic hydroxyl groups is 1. The van der Waals surface area contributed by atoms with Crippen molar-refractivity contribution in [1.29, 1.82) is 0 Å². The van der Waals surface area contributed by atoms with E-state index >= 15 is 0 Å². The van der Waals surface area contributed by atoms with Crippen LogP contribution in [0, 0.1) is 0 Å². The third-order valence-corrected chi connectivity index (χ3v) is 3.84. The molecule has 0 aromatic heterocycles. The van der Waals surface area contributed by atoms with Crippen LogP contribution in [0.4, 0.5) is 0 Å². The summed E-state index contributed by atoms with van der Waals surface area (Å²) in [7, 11) is 0.780. The molecule has 1 rings (SSSR count). The van der Waals surface area contributed by atoms with Crippen molar-refractivity contribution < 1.29 is 24.7 Å². The second-order valence-corrected chi connectivity index (χ2v) is 6.09. The molecule has 0 bridgehead atoms. The molecule has 0 saturated heterocycles. The zero-order valence-electron chi connectivity index (χ0n) is 14.8. The monoisotopic (exact) mass is 352 g/mol. The number of aliphatic hydroxyl groups excluding tert-OH is 1. The molecule has 0 radical (unpaired) electrons. The number of hydrogen-bond donors (Lipinski definition) is 4. The molecule has 8 heteroatoms. The number of rotatable bonds is 11. The molecule has 0 saturated carbocycles. The molecule has 1 aromatic rings. The Morgan fingerprint density at radius 2 is 1.76 bits per heavy atom. The Balaban J connectivity index is 0.00000178. The minimum Gasteiger partial charge on any atom is -0.427 e. The minimum absolute atomic E-state index is 0.118. The standard InChI is InChI=1S/C16H29BN2O3.CO2/c1-19(13-16(20)14-7-3-2-4-8-14)12-10-15(18)9-5-6-11-17(21)22;2-1-3/h2-4,7-8,15-16,20-22H,5-6,9-13,18H2,1H3;. The summed E-state index contributed by atoms with van der Waals surface area (Å²) in [6.45, 7) is 1.43. The van der Waals surface area contributed by atoms with Crippen molar-refractivity contribution in [1.82, 2.24) is 4.90 Å². The number of benzene rings is 1. The zero-order valence-corrected chi connectivity index (χ0v) is 14.8. The molecular weight excluding hydrogens is 323 g/mol. The average molecular weight is 352 g/mol. The molecule has 0 fully saturated rings. The first-order valence-corrected chi connectivity index (χ1v) is 8.43. The first-order chi connectivity index (χ1) is 11.9. The fourth-order valence-corrected chi connectivity index (χ4v) is 2.43. The predicted molar refractivity (Wildman–Crippen MR) is 95.3 cm³/mol. The van der Waals surface area contributed by atoms with Gasteiger partial charge >= 0.3 is 13.3 Å². The molecule has 25 heavy (non-hydrogen) atoms. The maximum Gasteiger partial charge on any atom is 0.451 e. The summed E-state index contributed by atoms with van der Waals surface area (Å²) in [6, 6.07) is 9.77. The largest absolute Gasteiger partial charge is 0.451 e. The van der Waals surface area contributed by atoms with Gasteiger partial charge in [-0.1, -0.05) is 43.2 Å². The normalized spacial score (nSPS) is 12.7. The summed E-state index contributed by atoms with van der Waals surface area (Å²) in [5.41, 5.74) is 7.00. The van der Waals surface area contributed by atoms with Gasteiger partial charge < -0.3 is 25.8 Å². The van der Waals surface area contributed by atoms with E-state index in [2.05, 4.69) is 4.90 Å². The molecule has 0 aliphatic heterocycles. The molecule has 7 nitrogen and oxygen atoms in total. The van der Waals surface area contributed by atoms with E-state index in [0.29, 0.717) is 12.9 Å². The van der Waals surface area contributed by atoms with Crippen LogP contribution in [0.25, 0.3) is 0 Å². The molecule has 0 aliphatic carbocycles. The lowest BCUT2D eigenvalue weighted by molar-refractivity contribution is -0.191. The highest BCUT2D eigenvalue weighted by Gasteiger charge is 2.12. The van der Waals surface area contributed by atoms with E-state index in [4.69, 9.17) is 25.4 Å². The second-order valence-electron chi connectivity index (χ2n) is 6.09. The number of nitrogens with zero attached hydrogens (tertiary/aromatic N) is 1. The second kappa shape index (κ2) is 14.8. The smallest absolute Gasteiger partial charge is 0.427 e. The molecule has 2 unspecified atom stereocenters. The van der Waals surface area contributed by atoms with Gasteiger partial charge in [0, 0.05) is 12.6 Å². The Bertz CT molecular complexity index is 469. The van der Waals surface area contributed by atoms with Crippen LogP contribution in [-0.2, 0) is 9.59 Å². The van der Waals surface area contributed by atoms with E-state index in [-0.39, 0.29) is 12.2 Å². The molecule has 1 aromatic carbocycles. The highest BCUT2D eigenvalue weighted by molar-refractivity contribution is 6.40. The Morgan fingerprint density at radius 1 is 1.16 bits per heavy atom. The predicted octanol–water partition coefficient (Wildman–Crippen LogP) is 0.429. The van der Waals surface area contributed by atoms with Gasteiger partial charge in [-0.3, -0.25) is 0 Å². The van der Waals surface area contributed by atoms with Gasteiger partial charge in [0.1, 0.15) is 0 Å². The van der Waals surface area contributed by atoms with E-state index in [1.165, 1.54) is 0 Å². The van der Waals surface area contributed by atoms with Gasteiger partial charge in [0.15, 0.2) is 0 Å². The summed E-state index contributed by atoms with van der Waals surface area (Å²) >= 11 is 0. The number of carbonyl (C=O) groups excluding carboxylic acids is 2. The van der Waals surface area contributed by atoms with Crippen LogP contribution < -0.4 is 5.73 Å². The number of likely N-dealkylation sites (N-methyl/N-ethyl adjacent to an activating group) is 1. The van der Waals surface area contributed by atoms with Crippen molar-refractivity contribution in [2.24, 2.45) is 5.73 Å². The Hall–Kier alpha value is -1.54. The molecular formula is C17H29BN2O5.